The molecule has 0 spiro atoms. The minimum absolute atomic E-state index is 0.0703. The predicted octanol–water partition coefficient (Wildman–Crippen LogP) is 2.13. The second kappa shape index (κ2) is 8.64. The SMILES string of the molecule is C=C=C/C=C\C=C(/C)[C@H]1COC(=O)N1C(=O)CC(=O)OCC. The Morgan fingerprint density at radius 3 is 2.86 bits per heavy atom. The fourth-order valence-corrected chi connectivity index (χ4v) is 1.89. The second-order valence-electron chi connectivity index (χ2n) is 4.50. The summed E-state index contributed by atoms with van der Waals surface area (Å²) in [5.74, 6) is -1.29. The third kappa shape index (κ3) is 4.75. The topological polar surface area (TPSA) is 72.9 Å². The molecule has 118 valence electrons. The third-order valence-corrected chi connectivity index (χ3v) is 2.95. The Morgan fingerprint density at radius 1 is 1.50 bits per heavy atom. The van der Waals surface area contributed by atoms with Gasteiger partial charge >= 0.3 is 12.1 Å². The summed E-state index contributed by atoms with van der Waals surface area (Å²) in [6, 6.07) is -0.521. The number of rotatable bonds is 6. The molecule has 1 rings (SSSR count). The molecule has 0 unspecified atom stereocenters. The molecule has 0 aromatic heterocycles. The molecule has 0 aromatic carbocycles. The number of carbonyl (C=O) groups excluding carboxylic acids is 3. The Labute approximate surface area is 129 Å². The number of amides is 2. The van der Waals surface area contributed by atoms with Crippen molar-refractivity contribution < 1.29 is 23.9 Å². The highest BCUT2D eigenvalue weighted by molar-refractivity contribution is 6.02. The van der Waals surface area contributed by atoms with Crippen molar-refractivity contribution in [3.63, 3.8) is 0 Å². The molecule has 22 heavy (non-hydrogen) atoms. The first-order chi connectivity index (χ1) is 10.5. The minimum Gasteiger partial charge on any atom is -0.466 e. The van der Waals surface area contributed by atoms with Crippen LogP contribution < -0.4 is 0 Å². The highest BCUT2D eigenvalue weighted by Gasteiger charge is 2.39. The zero-order chi connectivity index (χ0) is 16.5. The Bertz CT molecular complexity index is 555. The van der Waals surface area contributed by atoms with E-state index in [4.69, 9.17) is 9.47 Å². The molecule has 1 aliphatic rings. The van der Waals surface area contributed by atoms with Crippen molar-refractivity contribution in [3.8, 4) is 0 Å². The van der Waals surface area contributed by atoms with Crippen LogP contribution in [0.4, 0.5) is 4.79 Å². The van der Waals surface area contributed by atoms with E-state index in [2.05, 4.69) is 12.3 Å². The molecule has 0 radical (unpaired) electrons. The first kappa shape index (κ1) is 17.5. The van der Waals surface area contributed by atoms with Gasteiger partial charge in [0, 0.05) is 0 Å². The monoisotopic (exact) mass is 305 g/mol. The van der Waals surface area contributed by atoms with Gasteiger partial charge in [-0.25, -0.2) is 9.69 Å². The maximum absolute atomic E-state index is 12.1. The molecule has 6 heteroatoms. The van der Waals surface area contributed by atoms with Crippen LogP contribution in [0.3, 0.4) is 0 Å². The van der Waals surface area contributed by atoms with Crippen LogP contribution in [0.15, 0.2) is 42.2 Å². The van der Waals surface area contributed by atoms with Gasteiger partial charge < -0.3 is 9.47 Å². The molecule has 1 heterocycles. The smallest absolute Gasteiger partial charge is 0.417 e. The minimum atomic E-state index is -0.748. The Morgan fingerprint density at radius 2 is 2.23 bits per heavy atom. The lowest BCUT2D eigenvalue weighted by atomic mass is 10.1. The summed E-state index contributed by atoms with van der Waals surface area (Å²) in [5.41, 5.74) is 3.35. The van der Waals surface area contributed by atoms with E-state index in [1.165, 1.54) is 0 Å². The van der Waals surface area contributed by atoms with Crippen LogP contribution in [0.25, 0.3) is 0 Å². The highest BCUT2D eigenvalue weighted by atomic mass is 16.6. The van der Waals surface area contributed by atoms with E-state index >= 15 is 0 Å². The van der Waals surface area contributed by atoms with Crippen molar-refractivity contribution in [2.24, 2.45) is 0 Å². The number of hydrogen-bond acceptors (Lipinski definition) is 5. The molecular formula is C16H19NO5. The van der Waals surface area contributed by atoms with Crippen molar-refractivity contribution in [1.82, 2.24) is 4.90 Å². The van der Waals surface area contributed by atoms with E-state index < -0.39 is 30.4 Å². The van der Waals surface area contributed by atoms with Crippen molar-refractivity contribution in [3.05, 3.63) is 42.2 Å². The number of imide groups is 1. The number of carbonyl (C=O) groups is 3. The number of cyclic esters (lactones) is 1. The van der Waals surface area contributed by atoms with Gasteiger partial charge in [-0.1, -0.05) is 24.8 Å². The van der Waals surface area contributed by atoms with Gasteiger partial charge in [0.05, 0.1) is 12.6 Å². The Kier molecular flexibility index (Phi) is 6.86. The first-order valence-electron chi connectivity index (χ1n) is 6.85. The van der Waals surface area contributed by atoms with E-state index in [0.717, 1.165) is 10.5 Å². The van der Waals surface area contributed by atoms with Crippen LogP contribution in [0, 0.1) is 0 Å². The summed E-state index contributed by atoms with van der Waals surface area (Å²) in [6.45, 7) is 7.10. The molecule has 0 N–H and O–H groups in total. The molecule has 0 aromatic rings. The van der Waals surface area contributed by atoms with Gasteiger partial charge in [-0.05, 0) is 25.5 Å². The summed E-state index contributed by atoms with van der Waals surface area (Å²) in [5, 5.41) is 0. The number of nitrogens with zero attached hydrogens (tertiary/aromatic N) is 1. The first-order valence-corrected chi connectivity index (χ1v) is 6.85. The third-order valence-electron chi connectivity index (χ3n) is 2.95. The summed E-state index contributed by atoms with van der Waals surface area (Å²) in [4.78, 5) is 36.1. The average Bonchev–Trinajstić information content (AvgIpc) is 2.85. The molecule has 0 bridgehead atoms. The van der Waals surface area contributed by atoms with Crippen molar-refractivity contribution in [1.29, 1.82) is 0 Å². The van der Waals surface area contributed by atoms with Crippen LogP contribution in [0.1, 0.15) is 20.3 Å². The molecule has 1 fully saturated rings. The van der Waals surface area contributed by atoms with Gasteiger partial charge in [0.1, 0.15) is 13.0 Å². The fraction of sp³-hybridized carbons (Fsp3) is 0.375. The molecular weight excluding hydrogens is 286 g/mol. The largest absolute Gasteiger partial charge is 0.466 e. The van der Waals surface area contributed by atoms with Crippen LogP contribution in [0.2, 0.25) is 0 Å². The van der Waals surface area contributed by atoms with Crippen LogP contribution in [-0.2, 0) is 19.1 Å². The van der Waals surface area contributed by atoms with Gasteiger partial charge in [-0.2, -0.15) is 0 Å². The lowest BCUT2D eigenvalue weighted by molar-refractivity contribution is -0.147. The average molecular weight is 305 g/mol. The molecule has 1 aliphatic heterocycles. The van der Waals surface area contributed by atoms with Crippen LogP contribution >= 0.6 is 0 Å². The van der Waals surface area contributed by atoms with Crippen molar-refractivity contribution in [2.75, 3.05) is 13.2 Å². The summed E-state index contributed by atoms with van der Waals surface area (Å²) in [7, 11) is 0. The number of allylic oxidation sites excluding steroid dienone is 4. The van der Waals surface area contributed by atoms with Gasteiger partial charge in [0.2, 0.25) is 5.91 Å². The van der Waals surface area contributed by atoms with Gasteiger partial charge in [-0.3, -0.25) is 9.59 Å². The second-order valence-corrected chi connectivity index (χ2v) is 4.50. The van der Waals surface area contributed by atoms with E-state index in [-0.39, 0.29) is 13.2 Å². The Hall–Kier alpha value is -2.59. The summed E-state index contributed by atoms with van der Waals surface area (Å²) in [6.07, 6.45) is 5.61. The standard InChI is InChI=1S/C16H19NO5/c1-4-6-7-8-9-12(3)13-11-22-16(20)17(13)14(18)10-15(19)21-5-2/h6-9,13H,1,5,10-11H2,2-3H3/b8-7-,12-9+/t13-/m1/s1. The molecule has 1 saturated heterocycles. The number of ether oxygens (including phenoxy) is 2. The maximum atomic E-state index is 12.1. The fourth-order valence-electron chi connectivity index (χ4n) is 1.89. The van der Waals surface area contributed by atoms with Gasteiger partial charge in [-0.15, -0.1) is 5.73 Å². The summed E-state index contributed by atoms with van der Waals surface area (Å²) < 4.78 is 9.62. The molecule has 6 nitrogen and oxygen atoms in total. The van der Waals surface area contributed by atoms with Crippen LogP contribution in [0.5, 0.6) is 0 Å². The zero-order valence-electron chi connectivity index (χ0n) is 12.7. The number of hydrogen-bond donors (Lipinski definition) is 0. The zero-order valence-corrected chi connectivity index (χ0v) is 12.7. The molecule has 0 saturated carbocycles. The van der Waals surface area contributed by atoms with Gasteiger partial charge in [0.25, 0.3) is 0 Å². The number of esters is 1. The van der Waals surface area contributed by atoms with Gasteiger partial charge in [0.15, 0.2) is 0 Å². The quantitative estimate of drug-likeness (QED) is 0.325. The van der Waals surface area contributed by atoms with Crippen molar-refractivity contribution >= 4 is 18.0 Å². The lowest BCUT2D eigenvalue weighted by Crippen LogP contribution is -2.40. The van der Waals surface area contributed by atoms with E-state index in [9.17, 15) is 14.4 Å². The summed E-state index contributed by atoms with van der Waals surface area (Å²) >= 11 is 0. The van der Waals surface area contributed by atoms with Crippen molar-refractivity contribution in [2.45, 2.75) is 26.3 Å². The normalized spacial score (nSPS) is 18.1. The lowest BCUT2D eigenvalue weighted by Gasteiger charge is -2.19. The molecule has 0 aliphatic carbocycles. The van der Waals surface area contributed by atoms with E-state index in [1.807, 2.05) is 0 Å². The maximum Gasteiger partial charge on any atom is 0.417 e. The highest BCUT2D eigenvalue weighted by Crippen LogP contribution is 2.20. The van der Waals surface area contributed by atoms with E-state index in [0.29, 0.717) is 0 Å². The van der Waals surface area contributed by atoms with Crippen LogP contribution in [-0.4, -0.2) is 42.1 Å². The van der Waals surface area contributed by atoms with E-state index in [1.54, 1.807) is 38.2 Å². The Balaban J connectivity index is 2.82. The molecule has 2 amide bonds. The predicted molar refractivity (Wildman–Crippen MR) is 79.8 cm³/mol. The molecule has 1 atom stereocenters.